The van der Waals surface area contributed by atoms with Crippen LogP contribution in [0.25, 0.3) is 10.2 Å². The lowest BCUT2D eigenvalue weighted by molar-refractivity contribution is -0.159. The van der Waals surface area contributed by atoms with Crippen LogP contribution in [0, 0.1) is 12.7 Å². The topological polar surface area (TPSA) is 103 Å². The summed E-state index contributed by atoms with van der Waals surface area (Å²) in [6.45, 7) is 5.45. The average molecular weight is 459 g/mol. The van der Waals surface area contributed by atoms with E-state index < -0.39 is 17.6 Å². The zero-order valence-electron chi connectivity index (χ0n) is 17.7. The molecule has 0 radical (unpaired) electrons. The third-order valence-electron chi connectivity index (χ3n) is 5.72. The minimum Gasteiger partial charge on any atom is -0.485 e. The van der Waals surface area contributed by atoms with Gasteiger partial charge in [-0.3, -0.25) is 0 Å². The van der Waals surface area contributed by atoms with Gasteiger partial charge in [0.1, 0.15) is 45.6 Å². The molecule has 3 heterocycles. The largest absolute Gasteiger partial charge is 0.485 e. The van der Waals surface area contributed by atoms with Gasteiger partial charge in [0.15, 0.2) is 5.79 Å². The highest BCUT2D eigenvalue weighted by atomic mass is 32.1. The number of fused-ring (bicyclic) bond motifs is 2. The first kappa shape index (κ1) is 21.0. The van der Waals surface area contributed by atoms with Gasteiger partial charge in [-0.1, -0.05) is 0 Å². The fourth-order valence-corrected chi connectivity index (χ4v) is 5.37. The van der Waals surface area contributed by atoms with Gasteiger partial charge in [0, 0.05) is 6.07 Å². The van der Waals surface area contributed by atoms with Gasteiger partial charge < -0.3 is 24.6 Å². The van der Waals surface area contributed by atoms with Gasteiger partial charge in [0.25, 0.3) is 0 Å². The summed E-state index contributed by atoms with van der Waals surface area (Å²) in [6.07, 6.45) is 2.33. The van der Waals surface area contributed by atoms with E-state index in [1.54, 1.807) is 13.0 Å². The average Bonchev–Trinajstić information content (AvgIpc) is 3.35. The highest BCUT2D eigenvalue weighted by Crippen LogP contribution is 2.42. The fourth-order valence-electron chi connectivity index (χ4n) is 4.38. The summed E-state index contributed by atoms with van der Waals surface area (Å²) in [6, 6.07) is 4.21. The number of nitrogens with one attached hydrogen (secondary N) is 1. The molecule has 168 valence electrons. The summed E-state index contributed by atoms with van der Waals surface area (Å²) in [5.41, 5.74) is 1.08. The number of halogens is 1. The lowest BCUT2D eigenvalue weighted by atomic mass is 10.2. The zero-order valence-corrected chi connectivity index (χ0v) is 18.5. The van der Waals surface area contributed by atoms with Crippen LogP contribution >= 0.6 is 11.3 Å². The minimum atomic E-state index is -1.01. The predicted octanol–water partition coefficient (Wildman–Crippen LogP) is 4.64. The Labute approximate surface area is 187 Å². The molecule has 2 N–H and O–H groups in total. The molecule has 0 spiro atoms. The molecule has 8 nitrogen and oxygen atoms in total. The first-order valence-electron chi connectivity index (χ1n) is 10.3. The zero-order chi connectivity index (χ0) is 22.6. The van der Waals surface area contributed by atoms with Crippen LogP contribution in [0.5, 0.6) is 5.75 Å². The number of benzene rings is 1. The molecule has 1 aromatic carbocycles. The fraction of sp³-hybridized carbons (Fsp3) is 0.409. The molecule has 1 aliphatic heterocycles. The van der Waals surface area contributed by atoms with Crippen molar-refractivity contribution in [3.8, 4) is 5.75 Å². The van der Waals surface area contributed by atoms with E-state index in [0.717, 1.165) is 24.2 Å². The first-order chi connectivity index (χ1) is 15.2. The third kappa shape index (κ3) is 3.68. The molecular formula is C22H22FN3O5S. The number of carbonyl (C=O) groups is 1. The highest BCUT2D eigenvalue weighted by Gasteiger charge is 2.50. The predicted molar refractivity (Wildman–Crippen MR) is 116 cm³/mol. The Morgan fingerprint density at radius 2 is 2.12 bits per heavy atom. The molecule has 2 aliphatic rings. The van der Waals surface area contributed by atoms with E-state index >= 15 is 0 Å². The Kier molecular flexibility index (Phi) is 5.03. The van der Waals surface area contributed by atoms with Crippen LogP contribution in [-0.4, -0.2) is 45.1 Å². The molecule has 2 fully saturated rings. The van der Waals surface area contributed by atoms with Crippen LogP contribution in [0.1, 0.15) is 41.9 Å². The van der Waals surface area contributed by atoms with Crippen molar-refractivity contribution in [2.24, 2.45) is 0 Å². The van der Waals surface area contributed by atoms with Crippen molar-refractivity contribution in [3.63, 3.8) is 0 Å². The van der Waals surface area contributed by atoms with Crippen molar-refractivity contribution in [1.29, 1.82) is 0 Å². The van der Waals surface area contributed by atoms with Gasteiger partial charge in [-0.25, -0.2) is 19.2 Å². The van der Waals surface area contributed by atoms with Crippen molar-refractivity contribution < 1.29 is 28.5 Å². The van der Waals surface area contributed by atoms with Crippen LogP contribution in [-0.2, 0) is 9.47 Å². The first-order valence-corrected chi connectivity index (χ1v) is 11.1. The number of thiophene rings is 1. The second-order valence-electron chi connectivity index (χ2n) is 8.40. The van der Waals surface area contributed by atoms with Crippen LogP contribution in [0.3, 0.4) is 0 Å². The van der Waals surface area contributed by atoms with E-state index in [1.165, 1.54) is 18.5 Å². The molecule has 3 aromatic rings. The van der Waals surface area contributed by atoms with E-state index in [2.05, 4.69) is 15.3 Å². The molecule has 1 aliphatic carbocycles. The molecule has 5 rings (SSSR count). The van der Waals surface area contributed by atoms with E-state index in [1.807, 2.05) is 13.8 Å². The number of aryl methyl sites for hydroxylation is 1. The molecule has 1 saturated heterocycles. The highest BCUT2D eigenvalue weighted by molar-refractivity contribution is 7.20. The molecule has 3 atom stereocenters. The number of ether oxygens (including phenoxy) is 3. The monoisotopic (exact) mass is 459 g/mol. The van der Waals surface area contributed by atoms with Gasteiger partial charge in [-0.05, 0) is 51.3 Å². The Hall–Kier alpha value is -2.82. The summed E-state index contributed by atoms with van der Waals surface area (Å²) >= 11 is 1.09. The smallest absolute Gasteiger partial charge is 0.346 e. The number of carboxylic acids is 1. The molecule has 0 bridgehead atoms. The Morgan fingerprint density at radius 1 is 1.31 bits per heavy atom. The number of hydrogen-bond donors (Lipinski definition) is 2. The van der Waals surface area contributed by atoms with Crippen molar-refractivity contribution in [2.45, 2.75) is 57.7 Å². The normalized spacial score (nSPS) is 23.9. The van der Waals surface area contributed by atoms with Gasteiger partial charge in [0.2, 0.25) is 0 Å². The lowest BCUT2D eigenvalue weighted by Gasteiger charge is -2.24. The Balaban J connectivity index is 1.47. The molecule has 10 heteroatoms. The summed E-state index contributed by atoms with van der Waals surface area (Å²) in [4.78, 5) is 20.8. The minimum absolute atomic E-state index is 0.0515. The van der Waals surface area contributed by atoms with Crippen LogP contribution in [0.2, 0.25) is 0 Å². The maximum absolute atomic E-state index is 14.1. The second kappa shape index (κ2) is 7.65. The van der Waals surface area contributed by atoms with Crippen LogP contribution in [0.15, 0.2) is 24.5 Å². The van der Waals surface area contributed by atoms with E-state index in [-0.39, 0.29) is 23.2 Å². The van der Waals surface area contributed by atoms with Gasteiger partial charge in [-0.15, -0.1) is 11.3 Å². The van der Waals surface area contributed by atoms with Gasteiger partial charge >= 0.3 is 5.97 Å². The standard InChI is InChI=1S/C22H22FN3O5S/c1-10-16-19(24-9-25-20(16)32-18(10)21(27)28)26-12-5-4-11(23)8-15(12)29-13-6-7-14-17(13)31-22(2,3)30-14/h4-5,8-9,13-14,17H,6-7H2,1-3H3,(H,27,28)(H,24,25,26)/t13-,14-,17+/m1/s1. The van der Waals surface area contributed by atoms with Crippen LogP contribution in [0.4, 0.5) is 15.9 Å². The van der Waals surface area contributed by atoms with E-state index in [4.69, 9.17) is 14.2 Å². The van der Waals surface area contributed by atoms with E-state index in [0.29, 0.717) is 33.0 Å². The summed E-state index contributed by atoms with van der Waals surface area (Å²) in [5.74, 6) is -1.37. The van der Waals surface area contributed by atoms with Crippen LogP contribution < -0.4 is 10.1 Å². The molecule has 0 amide bonds. The molecule has 2 aromatic heterocycles. The number of nitrogens with zero attached hydrogens (tertiary/aromatic N) is 2. The van der Waals surface area contributed by atoms with Crippen molar-refractivity contribution in [2.75, 3.05) is 5.32 Å². The van der Waals surface area contributed by atoms with Crippen molar-refractivity contribution in [3.05, 3.63) is 40.8 Å². The number of carboxylic acid groups (broad SMARTS) is 1. The number of aromatic nitrogens is 2. The number of rotatable bonds is 5. The number of hydrogen-bond acceptors (Lipinski definition) is 8. The maximum Gasteiger partial charge on any atom is 0.346 e. The van der Waals surface area contributed by atoms with Gasteiger partial charge in [0.05, 0.1) is 17.2 Å². The number of aromatic carboxylic acids is 1. The van der Waals surface area contributed by atoms with Gasteiger partial charge in [-0.2, -0.15) is 0 Å². The number of anilines is 2. The Morgan fingerprint density at radius 3 is 2.91 bits per heavy atom. The summed E-state index contributed by atoms with van der Waals surface area (Å²) in [5, 5.41) is 13.2. The Bertz CT molecular complexity index is 1210. The maximum atomic E-state index is 14.1. The third-order valence-corrected chi connectivity index (χ3v) is 6.91. The summed E-state index contributed by atoms with van der Waals surface area (Å²) < 4.78 is 32.2. The second-order valence-corrected chi connectivity index (χ2v) is 9.40. The van der Waals surface area contributed by atoms with Crippen molar-refractivity contribution >= 4 is 39.0 Å². The quantitative estimate of drug-likeness (QED) is 0.569. The van der Waals surface area contributed by atoms with E-state index in [9.17, 15) is 14.3 Å². The molecular weight excluding hydrogens is 437 g/mol. The molecule has 0 unspecified atom stereocenters. The molecule has 1 saturated carbocycles. The van der Waals surface area contributed by atoms with Crippen molar-refractivity contribution in [1.82, 2.24) is 9.97 Å². The summed E-state index contributed by atoms with van der Waals surface area (Å²) in [7, 11) is 0. The SMILES string of the molecule is Cc1c(C(=O)O)sc2ncnc(Nc3ccc(F)cc3O[C@@H]3CC[C@H]4OC(C)(C)O[C@@H]34)c12. The lowest BCUT2D eigenvalue weighted by Crippen LogP contribution is -2.33. The molecule has 32 heavy (non-hydrogen) atoms.